The summed E-state index contributed by atoms with van der Waals surface area (Å²) in [4.78, 5) is 0. The van der Waals surface area contributed by atoms with Crippen LogP contribution in [0.1, 0.15) is 52.8 Å². The number of allylic oxidation sites excluding steroid dienone is 7. The number of aryl methyl sites for hydroxylation is 1. The van der Waals surface area contributed by atoms with Crippen LogP contribution in [0.5, 0.6) is 0 Å². The number of anilines is 2. The van der Waals surface area contributed by atoms with Gasteiger partial charge in [0, 0.05) is 44.3 Å². The molecule has 12 rings (SSSR count). The number of nitrogens with zero attached hydrogens (tertiary/aromatic N) is 1. The van der Waals surface area contributed by atoms with E-state index < -0.39 is 0 Å². The van der Waals surface area contributed by atoms with E-state index >= 15 is 0 Å². The van der Waals surface area contributed by atoms with E-state index in [0.717, 1.165) is 46.3 Å². The zero-order chi connectivity index (χ0) is 35.8. The molecule has 7 aromatic rings. The summed E-state index contributed by atoms with van der Waals surface area (Å²) in [7, 11) is 0. The van der Waals surface area contributed by atoms with Gasteiger partial charge in [-0.05, 0) is 115 Å². The van der Waals surface area contributed by atoms with E-state index in [1.807, 2.05) is 18.2 Å². The second-order valence-corrected chi connectivity index (χ2v) is 15.8. The number of aromatic nitrogens is 1. The molecular weight excluding hydrogens is 657 g/mol. The highest BCUT2D eigenvalue weighted by atomic mass is 16.3. The Morgan fingerprint density at radius 2 is 1.61 bits per heavy atom. The monoisotopic (exact) mass is 698 g/mol. The molecule has 5 aliphatic carbocycles. The van der Waals surface area contributed by atoms with E-state index in [2.05, 4.69) is 162 Å². The van der Waals surface area contributed by atoms with Gasteiger partial charge in [0.25, 0.3) is 0 Å². The van der Waals surface area contributed by atoms with Crippen molar-refractivity contribution in [1.29, 1.82) is 0 Å². The van der Waals surface area contributed by atoms with Crippen LogP contribution in [0.15, 0.2) is 150 Å². The summed E-state index contributed by atoms with van der Waals surface area (Å²) in [6.07, 6.45) is 27.6. The Morgan fingerprint density at radius 3 is 2.41 bits per heavy atom. The summed E-state index contributed by atoms with van der Waals surface area (Å²) in [5.74, 6) is 2.01. The average Bonchev–Trinajstić information content (AvgIpc) is 4.10. The summed E-state index contributed by atoms with van der Waals surface area (Å²) >= 11 is 0. The first-order valence-corrected chi connectivity index (χ1v) is 19.6. The summed E-state index contributed by atoms with van der Waals surface area (Å²) < 4.78 is 9.48. The Balaban J connectivity index is 0.000000442. The van der Waals surface area contributed by atoms with E-state index in [0.29, 0.717) is 17.8 Å². The van der Waals surface area contributed by atoms with E-state index in [-0.39, 0.29) is 5.41 Å². The summed E-state index contributed by atoms with van der Waals surface area (Å²) in [5.41, 5.74) is 14.6. The van der Waals surface area contributed by atoms with Crippen LogP contribution in [0.25, 0.3) is 56.8 Å². The van der Waals surface area contributed by atoms with E-state index in [9.17, 15) is 0 Å². The third kappa shape index (κ3) is 5.10. The lowest BCUT2D eigenvalue weighted by molar-refractivity contribution is 0.671. The van der Waals surface area contributed by atoms with Gasteiger partial charge in [0.15, 0.2) is 5.58 Å². The lowest BCUT2D eigenvalue weighted by Gasteiger charge is -2.16. The molecule has 5 aliphatic rings. The molecule has 262 valence electrons. The Labute approximate surface area is 316 Å². The molecule has 0 amide bonds. The minimum absolute atomic E-state index is 0.169. The van der Waals surface area contributed by atoms with Gasteiger partial charge in [0.05, 0.1) is 5.52 Å². The van der Waals surface area contributed by atoms with Gasteiger partial charge in [-0.2, -0.15) is 0 Å². The van der Waals surface area contributed by atoms with Crippen molar-refractivity contribution in [3.8, 4) is 5.69 Å². The minimum Gasteiger partial charge on any atom is -0.454 e. The van der Waals surface area contributed by atoms with Crippen LogP contribution in [0.2, 0.25) is 0 Å². The van der Waals surface area contributed by atoms with Gasteiger partial charge in [0.2, 0.25) is 0 Å². The van der Waals surface area contributed by atoms with Gasteiger partial charge in [-0.1, -0.05) is 127 Å². The predicted octanol–water partition coefficient (Wildman–Crippen LogP) is 13.3. The Kier molecular flexibility index (Phi) is 7.14. The normalized spacial score (nSPS) is 22.5. The fourth-order valence-corrected chi connectivity index (χ4v) is 9.40. The SMILES string of the molecule is C1=CC2CC2(c2ccc(-n3c4c(c5c(Nc6ccccc6)cc6c(oc7ccc8c(c76)C=CCC=C8)c53)CC3CC3C=C4)cc2)C=C1.Cc1ccccc1. The molecule has 4 atom stereocenters. The molecule has 0 radical (unpaired) electrons. The highest BCUT2D eigenvalue weighted by molar-refractivity contribution is 6.22. The molecule has 2 aromatic heterocycles. The van der Waals surface area contributed by atoms with Gasteiger partial charge in [-0.3, -0.25) is 0 Å². The van der Waals surface area contributed by atoms with Crippen LogP contribution < -0.4 is 5.32 Å². The van der Waals surface area contributed by atoms with Gasteiger partial charge in [0.1, 0.15) is 5.58 Å². The molecule has 5 aromatic carbocycles. The van der Waals surface area contributed by atoms with Gasteiger partial charge >= 0.3 is 0 Å². The van der Waals surface area contributed by atoms with Crippen molar-refractivity contribution in [2.24, 2.45) is 17.8 Å². The van der Waals surface area contributed by atoms with Crippen LogP contribution >= 0.6 is 0 Å². The van der Waals surface area contributed by atoms with E-state index in [1.165, 1.54) is 62.8 Å². The number of benzene rings is 5. The summed E-state index contributed by atoms with van der Waals surface area (Å²) in [5, 5.41) is 7.50. The zero-order valence-electron chi connectivity index (χ0n) is 30.5. The maximum absolute atomic E-state index is 6.98. The number of rotatable bonds is 4. The van der Waals surface area contributed by atoms with Crippen LogP contribution in [0.4, 0.5) is 11.4 Å². The number of hydrogen-bond donors (Lipinski definition) is 1. The first-order valence-electron chi connectivity index (χ1n) is 19.6. The molecule has 2 saturated carbocycles. The predicted molar refractivity (Wildman–Crippen MR) is 227 cm³/mol. The molecule has 2 fully saturated rings. The standard InChI is InChI=1S/C44H34N2O.C7H8/c1-3-9-27-15-21-39-40(34(27)13-6-1)36-25-37(45-32-11-4-2-5-12-32)41-35-24-29-23-28(29)14-20-38(35)46(42(41)43(36)47-39)33-18-16-30(17-19-33)44-22-8-7-10-31(44)26-44;1-7-5-3-2-4-6-7/h2-22,25,28-29,31,45H,1,23-24,26H2;2-6H,1H3. The first kappa shape index (κ1) is 31.5. The fraction of sp³-hybridized carbons (Fsp3) is 0.176. The molecule has 2 heterocycles. The number of fused-ring (bicyclic) bond motifs is 11. The lowest BCUT2D eigenvalue weighted by atomic mass is 9.90. The first-order chi connectivity index (χ1) is 26.6. The average molecular weight is 699 g/mol. The van der Waals surface area contributed by atoms with Crippen LogP contribution in [-0.4, -0.2) is 4.57 Å². The number of hydrogen-bond acceptors (Lipinski definition) is 2. The molecule has 0 aliphatic heterocycles. The van der Waals surface area contributed by atoms with Gasteiger partial charge < -0.3 is 14.3 Å². The van der Waals surface area contributed by atoms with Gasteiger partial charge in [-0.25, -0.2) is 0 Å². The smallest absolute Gasteiger partial charge is 0.160 e. The molecule has 1 N–H and O–H groups in total. The third-order valence-electron chi connectivity index (χ3n) is 12.4. The second-order valence-electron chi connectivity index (χ2n) is 15.8. The Hall–Kier alpha value is -6.06. The van der Waals surface area contributed by atoms with Crippen molar-refractivity contribution >= 4 is 62.4 Å². The van der Waals surface area contributed by atoms with Crippen LogP contribution in [0, 0.1) is 24.7 Å². The highest BCUT2D eigenvalue weighted by Gasteiger charge is 2.52. The fourth-order valence-electron chi connectivity index (χ4n) is 9.40. The van der Waals surface area contributed by atoms with Gasteiger partial charge in [-0.15, -0.1) is 0 Å². The van der Waals surface area contributed by atoms with Crippen molar-refractivity contribution in [3.05, 3.63) is 179 Å². The minimum atomic E-state index is 0.169. The highest BCUT2D eigenvalue weighted by Crippen LogP contribution is 2.58. The molecule has 0 spiro atoms. The zero-order valence-corrected chi connectivity index (χ0v) is 30.5. The van der Waals surface area contributed by atoms with Crippen LogP contribution in [-0.2, 0) is 11.8 Å². The molecule has 0 bridgehead atoms. The van der Waals surface area contributed by atoms with Crippen LogP contribution in [0.3, 0.4) is 0 Å². The maximum Gasteiger partial charge on any atom is 0.160 e. The lowest BCUT2D eigenvalue weighted by Crippen LogP contribution is -2.08. The second kappa shape index (κ2) is 12.2. The summed E-state index contributed by atoms with van der Waals surface area (Å²) in [6, 6.07) is 37.0. The maximum atomic E-state index is 6.98. The van der Waals surface area contributed by atoms with Crippen molar-refractivity contribution in [1.82, 2.24) is 4.57 Å². The molecule has 3 heteroatoms. The van der Waals surface area contributed by atoms with Crippen molar-refractivity contribution in [2.75, 3.05) is 5.32 Å². The number of para-hydroxylation sites is 1. The quantitative estimate of drug-likeness (QED) is 0.198. The third-order valence-corrected chi connectivity index (χ3v) is 12.4. The molecule has 4 unspecified atom stereocenters. The molecule has 54 heavy (non-hydrogen) atoms. The van der Waals surface area contributed by atoms with Crippen molar-refractivity contribution in [3.63, 3.8) is 0 Å². The molecule has 3 nitrogen and oxygen atoms in total. The van der Waals surface area contributed by atoms with E-state index in [4.69, 9.17) is 4.42 Å². The molecular formula is C51H42N2O. The van der Waals surface area contributed by atoms with Crippen molar-refractivity contribution in [2.45, 2.75) is 38.0 Å². The largest absolute Gasteiger partial charge is 0.454 e. The van der Waals surface area contributed by atoms with Crippen molar-refractivity contribution < 1.29 is 4.42 Å². The number of nitrogens with one attached hydrogen (secondary N) is 1. The molecule has 0 saturated heterocycles. The Morgan fingerprint density at radius 1 is 0.796 bits per heavy atom. The summed E-state index contributed by atoms with van der Waals surface area (Å²) in [6.45, 7) is 2.08. The van der Waals surface area contributed by atoms with E-state index in [1.54, 1.807) is 0 Å². The topological polar surface area (TPSA) is 30.1 Å². The Bertz CT molecular complexity index is 2750. The number of furan rings is 1.